The second-order valence-electron chi connectivity index (χ2n) is 2.37. The molecule has 2 nitrogen and oxygen atoms in total. The van der Waals surface area contributed by atoms with Crippen molar-refractivity contribution in [3.05, 3.63) is 36.5 Å². The normalized spacial score (nSPS) is 10.1. The van der Waals surface area contributed by atoms with E-state index in [1.165, 1.54) is 0 Å². The second-order valence-corrected chi connectivity index (χ2v) is 2.81. The van der Waals surface area contributed by atoms with Crippen LogP contribution < -0.4 is 0 Å². The summed E-state index contributed by atoms with van der Waals surface area (Å²) in [7, 11) is 0. The molecule has 12 heavy (non-hydrogen) atoms. The first-order valence-electron chi connectivity index (χ1n) is 3.56. The molecule has 0 radical (unpaired) electrons. The molecule has 0 aliphatic carbocycles. The minimum absolute atomic E-state index is 0.536. The Bertz CT molecular complexity index is 369. The lowest BCUT2D eigenvalue weighted by molar-refractivity contribution is 0.486. The van der Waals surface area contributed by atoms with E-state index >= 15 is 0 Å². The fraction of sp³-hybridized carbons (Fsp3) is 0. The van der Waals surface area contributed by atoms with Gasteiger partial charge in [0.1, 0.15) is 0 Å². The molecule has 60 valence electrons. The molecule has 0 saturated carbocycles. The largest absolute Gasteiger partial charge is 0.430 e. The average molecular weight is 177 g/mol. The molecule has 2 rings (SSSR count). The fourth-order valence-electron chi connectivity index (χ4n) is 0.980. The smallest absolute Gasteiger partial charge is 0.227 e. The number of nitrogens with zero attached hydrogens (tertiary/aromatic N) is 1. The lowest BCUT2D eigenvalue weighted by Gasteiger charge is -1.91. The summed E-state index contributed by atoms with van der Waals surface area (Å²) < 4.78 is 5.22. The number of oxazole rings is 1. The van der Waals surface area contributed by atoms with E-state index in [1.54, 1.807) is 6.20 Å². The summed E-state index contributed by atoms with van der Waals surface area (Å²) in [4.78, 5) is 4.04. The molecule has 1 heterocycles. The SMILES string of the molecule is Sc1cnc(-c2ccccc2)o1. The molecule has 1 aromatic heterocycles. The molecule has 3 heteroatoms. The molecule has 0 unspecified atom stereocenters. The van der Waals surface area contributed by atoms with E-state index in [4.69, 9.17) is 4.42 Å². The predicted octanol–water partition coefficient (Wildman–Crippen LogP) is 2.63. The van der Waals surface area contributed by atoms with E-state index in [2.05, 4.69) is 17.6 Å². The van der Waals surface area contributed by atoms with Gasteiger partial charge in [-0.3, -0.25) is 0 Å². The Balaban J connectivity index is 2.45. The van der Waals surface area contributed by atoms with Crippen molar-refractivity contribution in [2.75, 3.05) is 0 Å². The lowest BCUT2D eigenvalue weighted by atomic mass is 10.2. The minimum Gasteiger partial charge on any atom is -0.430 e. The van der Waals surface area contributed by atoms with Gasteiger partial charge in [-0.05, 0) is 12.1 Å². The van der Waals surface area contributed by atoms with Crippen LogP contribution in [-0.2, 0) is 0 Å². The number of thiol groups is 1. The Morgan fingerprint density at radius 1 is 1.17 bits per heavy atom. The molecule has 0 N–H and O–H groups in total. The van der Waals surface area contributed by atoms with Crippen molar-refractivity contribution in [1.29, 1.82) is 0 Å². The van der Waals surface area contributed by atoms with Gasteiger partial charge in [0.05, 0.1) is 6.20 Å². The van der Waals surface area contributed by atoms with Crippen molar-refractivity contribution < 1.29 is 4.42 Å². The summed E-state index contributed by atoms with van der Waals surface area (Å²) in [5.41, 5.74) is 0.970. The van der Waals surface area contributed by atoms with E-state index in [1.807, 2.05) is 30.3 Å². The van der Waals surface area contributed by atoms with Crippen LogP contribution in [0.15, 0.2) is 46.0 Å². The van der Waals surface area contributed by atoms with Crippen LogP contribution in [0.25, 0.3) is 11.5 Å². The van der Waals surface area contributed by atoms with Gasteiger partial charge in [0, 0.05) is 5.56 Å². The van der Waals surface area contributed by atoms with Gasteiger partial charge >= 0.3 is 0 Å². The monoisotopic (exact) mass is 177 g/mol. The lowest BCUT2D eigenvalue weighted by Crippen LogP contribution is -1.73. The maximum Gasteiger partial charge on any atom is 0.227 e. The Morgan fingerprint density at radius 3 is 2.50 bits per heavy atom. The van der Waals surface area contributed by atoms with E-state index in [9.17, 15) is 0 Å². The number of hydrogen-bond donors (Lipinski definition) is 1. The predicted molar refractivity (Wildman–Crippen MR) is 49.2 cm³/mol. The van der Waals surface area contributed by atoms with Crippen molar-refractivity contribution in [1.82, 2.24) is 4.98 Å². The third-order valence-corrected chi connectivity index (χ3v) is 1.72. The molecule has 0 bridgehead atoms. The van der Waals surface area contributed by atoms with Crippen LogP contribution in [0.4, 0.5) is 0 Å². The number of aromatic nitrogens is 1. The zero-order valence-corrected chi connectivity index (χ0v) is 7.16. The molecule has 0 saturated heterocycles. The van der Waals surface area contributed by atoms with Gasteiger partial charge in [-0.2, -0.15) is 0 Å². The summed E-state index contributed by atoms with van der Waals surface area (Å²) in [5.74, 6) is 0.612. The number of benzene rings is 1. The molecule has 0 amide bonds. The number of rotatable bonds is 1. The molecular weight excluding hydrogens is 170 g/mol. The van der Waals surface area contributed by atoms with Crippen LogP contribution in [0, 0.1) is 0 Å². The Morgan fingerprint density at radius 2 is 1.92 bits per heavy atom. The molecule has 0 aliphatic heterocycles. The maximum absolute atomic E-state index is 5.22. The fourth-order valence-corrected chi connectivity index (χ4v) is 1.12. The summed E-state index contributed by atoms with van der Waals surface area (Å²) >= 11 is 4.03. The third kappa shape index (κ3) is 1.36. The van der Waals surface area contributed by atoms with E-state index in [0.29, 0.717) is 11.0 Å². The first kappa shape index (κ1) is 7.43. The van der Waals surface area contributed by atoms with Crippen LogP contribution in [0.5, 0.6) is 0 Å². The molecule has 1 aromatic carbocycles. The van der Waals surface area contributed by atoms with E-state index in [-0.39, 0.29) is 0 Å². The summed E-state index contributed by atoms with van der Waals surface area (Å²) in [6.45, 7) is 0. The van der Waals surface area contributed by atoms with Gasteiger partial charge in [0.15, 0.2) is 5.09 Å². The molecule has 0 atom stereocenters. The minimum atomic E-state index is 0.536. The highest BCUT2D eigenvalue weighted by Crippen LogP contribution is 2.19. The van der Waals surface area contributed by atoms with Gasteiger partial charge in [-0.1, -0.05) is 18.2 Å². The van der Waals surface area contributed by atoms with Crippen LogP contribution in [0.1, 0.15) is 0 Å². The van der Waals surface area contributed by atoms with Crippen LogP contribution in [0.2, 0.25) is 0 Å². The van der Waals surface area contributed by atoms with Gasteiger partial charge in [0.2, 0.25) is 5.89 Å². The van der Waals surface area contributed by atoms with E-state index < -0.39 is 0 Å². The molecule has 0 spiro atoms. The maximum atomic E-state index is 5.22. The molecule has 0 fully saturated rings. The zero-order chi connectivity index (χ0) is 8.39. The van der Waals surface area contributed by atoms with E-state index in [0.717, 1.165) is 5.56 Å². The Kier molecular flexibility index (Phi) is 1.87. The standard InChI is InChI=1S/C9H7NOS/c12-8-6-10-9(11-8)7-4-2-1-3-5-7/h1-6,12H. The van der Waals surface area contributed by atoms with Gasteiger partial charge in [-0.15, -0.1) is 12.6 Å². The van der Waals surface area contributed by atoms with Gasteiger partial charge in [0.25, 0.3) is 0 Å². The first-order chi connectivity index (χ1) is 5.86. The van der Waals surface area contributed by atoms with Crippen LogP contribution >= 0.6 is 12.6 Å². The molecule has 2 aromatic rings. The molecule has 0 aliphatic rings. The summed E-state index contributed by atoms with van der Waals surface area (Å²) in [6.07, 6.45) is 1.59. The Hall–Kier alpha value is -1.22. The Labute approximate surface area is 75.7 Å². The second kappa shape index (κ2) is 3.03. The average Bonchev–Trinajstić information content (AvgIpc) is 2.54. The first-order valence-corrected chi connectivity index (χ1v) is 4.01. The summed E-state index contributed by atoms with van der Waals surface area (Å²) in [5, 5.41) is 0.536. The van der Waals surface area contributed by atoms with Crippen molar-refractivity contribution >= 4 is 12.6 Å². The summed E-state index contributed by atoms with van der Waals surface area (Å²) in [6, 6.07) is 9.72. The zero-order valence-electron chi connectivity index (χ0n) is 6.27. The van der Waals surface area contributed by atoms with Crippen molar-refractivity contribution in [2.45, 2.75) is 5.09 Å². The quantitative estimate of drug-likeness (QED) is 0.677. The highest BCUT2D eigenvalue weighted by Gasteiger charge is 2.01. The van der Waals surface area contributed by atoms with Crippen molar-refractivity contribution in [2.24, 2.45) is 0 Å². The van der Waals surface area contributed by atoms with Gasteiger partial charge < -0.3 is 4.42 Å². The van der Waals surface area contributed by atoms with Gasteiger partial charge in [-0.25, -0.2) is 4.98 Å². The highest BCUT2D eigenvalue weighted by molar-refractivity contribution is 7.80. The van der Waals surface area contributed by atoms with Crippen LogP contribution in [0.3, 0.4) is 0 Å². The molecular formula is C9H7NOS. The number of hydrogen-bond acceptors (Lipinski definition) is 3. The van der Waals surface area contributed by atoms with Crippen molar-refractivity contribution in [3.8, 4) is 11.5 Å². The third-order valence-electron chi connectivity index (χ3n) is 1.51. The topological polar surface area (TPSA) is 26.0 Å². The van der Waals surface area contributed by atoms with Crippen molar-refractivity contribution in [3.63, 3.8) is 0 Å². The highest BCUT2D eigenvalue weighted by atomic mass is 32.1. The van der Waals surface area contributed by atoms with Crippen LogP contribution in [-0.4, -0.2) is 4.98 Å².